The van der Waals surface area contributed by atoms with E-state index in [0.29, 0.717) is 23.4 Å². The zero-order valence-corrected chi connectivity index (χ0v) is 14.5. The van der Waals surface area contributed by atoms with E-state index in [4.69, 9.17) is 8.83 Å². The number of aryl methyl sites for hydroxylation is 1. The van der Waals surface area contributed by atoms with Crippen LogP contribution < -0.4 is 5.32 Å². The van der Waals surface area contributed by atoms with E-state index in [9.17, 15) is 9.18 Å². The monoisotopic (exact) mass is 361 g/mol. The van der Waals surface area contributed by atoms with Gasteiger partial charge >= 0.3 is 0 Å². The van der Waals surface area contributed by atoms with Crippen molar-refractivity contribution in [1.82, 2.24) is 15.5 Å². The van der Waals surface area contributed by atoms with E-state index in [1.54, 1.807) is 38.3 Å². The van der Waals surface area contributed by atoms with Crippen LogP contribution in [0.4, 0.5) is 4.39 Å². The minimum atomic E-state index is -0.417. The Morgan fingerprint density at radius 1 is 1.28 bits per heavy atom. The van der Waals surface area contributed by atoms with Crippen LogP contribution in [-0.4, -0.2) is 21.4 Å². The van der Waals surface area contributed by atoms with Crippen LogP contribution in [0.15, 0.2) is 50.7 Å². The second kappa shape index (κ2) is 7.52. The van der Waals surface area contributed by atoms with Crippen molar-refractivity contribution in [3.63, 3.8) is 0 Å². The molecule has 130 valence electrons. The number of hydrogen-bond donors (Lipinski definition) is 1. The fourth-order valence-electron chi connectivity index (χ4n) is 2.11. The number of benzene rings is 1. The molecule has 1 amide bonds. The molecule has 1 atom stereocenters. The molecule has 0 aliphatic carbocycles. The Labute approximate surface area is 147 Å². The van der Waals surface area contributed by atoms with Gasteiger partial charge in [0.15, 0.2) is 0 Å². The lowest BCUT2D eigenvalue weighted by Crippen LogP contribution is -2.30. The standard InChI is InChI=1S/C17H16FN3O3S/c1-10-14(7-8-23-10)16-20-21-17(24-16)25-11(2)15(22)19-9-12-3-5-13(18)6-4-12/h3-8,11H,9H2,1-2H3,(H,19,22)/t11-/m0/s1. The Morgan fingerprint density at radius 3 is 2.72 bits per heavy atom. The average Bonchev–Trinajstić information content (AvgIpc) is 3.22. The highest BCUT2D eigenvalue weighted by atomic mass is 32.2. The van der Waals surface area contributed by atoms with E-state index in [1.807, 2.05) is 0 Å². The number of amides is 1. The molecule has 3 rings (SSSR count). The van der Waals surface area contributed by atoms with Gasteiger partial charge in [-0.05, 0) is 37.6 Å². The topological polar surface area (TPSA) is 81.2 Å². The van der Waals surface area contributed by atoms with Crippen LogP contribution in [0.2, 0.25) is 0 Å². The largest absolute Gasteiger partial charge is 0.469 e. The average molecular weight is 361 g/mol. The quantitative estimate of drug-likeness (QED) is 0.676. The van der Waals surface area contributed by atoms with Crippen LogP contribution in [0.5, 0.6) is 0 Å². The number of aromatic nitrogens is 2. The van der Waals surface area contributed by atoms with Gasteiger partial charge in [-0.2, -0.15) is 0 Å². The summed E-state index contributed by atoms with van der Waals surface area (Å²) in [5, 5.41) is 10.6. The van der Waals surface area contributed by atoms with Gasteiger partial charge in [-0.1, -0.05) is 23.9 Å². The highest BCUT2D eigenvalue weighted by molar-refractivity contribution is 8.00. The first-order valence-electron chi connectivity index (χ1n) is 7.59. The van der Waals surface area contributed by atoms with Crippen LogP contribution in [0.3, 0.4) is 0 Å². The van der Waals surface area contributed by atoms with E-state index in [0.717, 1.165) is 11.1 Å². The molecule has 0 radical (unpaired) electrons. The third-order valence-corrected chi connectivity index (χ3v) is 4.46. The van der Waals surface area contributed by atoms with Crippen molar-refractivity contribution >= 4 is 17.7 Å². The molecule has 8 heteroatoms. The predicted octanol–water partition coefficient (Wildman–Crippen LogP) is 3.57. The van der Waals surface area contributed by atoms with Gasteiger partial charge in [0.1, 0.15) is 11.6 Å². The number of thioether (sulfide) groups is 1. The minimum absolute atomic E-state index is 0.173. The van der Waals surface area contributed by atoms with Crippen LogP contribution in [-0.2, 0) is 11.3 Å². The van der Waals surface area contributed by atoms with Gasteiger partial charge in [0, 0.05) is 6.54 Å². The van der Waals surface area contributed by atoms with E-state index < -0.39 is 5.25 Å². The Kier molecular flexibility index (Phi) is 5.18. The predicted molar refractivity (Wildman–Crippen MR) is 90.3 cm³/mol. The van der Waals surface area contributed by atoms with Gasteiger partial charge in [0.05, 0.1) is 17.1 Å². The summed E-state index contributed by atoms with van der Waals surface area (Å²) in [6.07, 6.45) is 1.55. The van der Waals surface area contributed by atoms with Gasteiger partial charge in [-0.3, -0.25) is 4.79 Å². The molecule has 3 aromatic rings. The lowest BCUT2D eigenvalue weighted by atomic mass is 10.2. The summed E-state index contributed by atoms with van der Waals surface area (Å²) >= 11 is 1.17. The van der Waals surface area contributed by atoms with E-state index in [1.165, 1.54) is 23.9 Å². The maximum absolute atomic E-state index is 12.9. The first-order chi connectivity index (χ1) is 12.0. The molecule has 0 aliphatic heterocycles. The number of nitrogens with one attached hydrogen (secondary N) is 1. The molecule has 0 bridgehead atoms. The molecule has 1 N–H and O–H groups in total. The van der Waals surface area contributed by atoms with Gasteiger partial charge in [-0.15, -0.1) is 10.2 Å². The molecule has 0 aliphatic rings. The van der Waals surface area contributed by atoms with Crippen LogP contribution in [0.1, 0.15) is 18.2 Å². The fourth-order valence-corrected chi connectivity index (χ4v) is 2.82. The van der Waals surface area contributed by atoms with Gasteiger partial charge < -0.3 is 14.2 Å². The second-order valence-electron chi connectivity index (χ2n) is 5.37. The summed E-state index contributed by atoms with van der Waals surface area (Å²) in [7, 11) is 0. The first kappa shape index (κ1) is 17.2. The number of carbonyl (C=O) groups excluding carboxylic acids is 1. The highest BCUT2D eigenvalue weighted by Crippen LogP contribution is 2.28. The van der Waals surface area contributed by atoms with Crippen molar-refractivity contribution in [3.8, 4) is 11.5 Å². The van der Waals surface area contributed by atoms with E-state index >= 15 is 0 Å². The third kappa shape index (κ3) is 4.27. The maximum atomic E-state index is 12.9. The zero-order valence-electron chi connectivity index (χ0n) is 13.7. The maximum Gasteiger partial charge on any atom is 0.277 e. The lowest BCUT2D eigenvalue weighted by molar-refractivity contribution is -0.120. The van der Waals surface area contributed by atoms with E-state index in [2.05, 4.69) is 15.5 Å². The van der Waals surface area contributed by atoms with Crippen LogP contribution in [0, 0.1) is 12.7 Å². The number of hydrogen-bond acceptors (Lipinski definition) is 6. The van der Waals surface area contributed by atoms with Crippen molar-refractivity contribution < 1.29 is 18.0 Å². The molecular formula is C17H16FN3O3S. The van der Waals surface area contributed by atoms with Gasteiger partial charge in [0.25, 0.3) is 11.1 Å². The smallest absolute Gasteiger partial charge is 0.277 e. The van der Waals surface area contributed by atoms with Crippen LogP contribution in [0.25, 0.3) is 11.5 Å². The molecule has 0 saturated heterocycles. The highest BCUT2D eigenvalue weighted by Gasteiger charge is 2.19. The summed E-state index contributed by atoms with van der Waals surface area (Å²) in [5.41, 5.74) is 1.55. The van der Waals surface area contributed by atoms with Crippen molar-refractivity contribution in [2.24, 2.45) is 0 Å². The summed E-state index contributed by atoms with van der Waals surface area (Å²) < 4.78 is 23.6. The lowest BCUT2D eigenvalue weighted by Gasteiger charge is -2.09. The number of halogens is 1. The number of carbonyl (C=O) groups is 1. The fraction of sp³-hybridized carbons (Fsp3) is 0.235. The van der Waals surface area contributed by atoms with Crippen molar-refractivity contribution in [2.75, 3.05) is 0 Å². The molecule has 25 heavy (non-hydrogen) atoms. The van der Waals surface area contributed by atoms with Crippen molar-refractivity contribution in [2.45, 2.75) is 30.9 Å². The summed E-state index contributed by atoms with van der Waals surface area (Å²) in [6, 6.07) is 7.72. The summed E-state index contributed by atoms with van der Waals surface area (Å²) in [5.74, 6) is 0.561. The molecule has 1 aromatic carbocycles. The van der Waals surface area contributed by atoms with Crippen LogP contribution >= 0.6 is 11.8 Å². The van der Waals surface area contributed by atoms with E-state index in [-0.39, 0.29) is 11.7 Å². The number of rotatable bonds is 6. The number of nitrogens with zero attached hydrogens (tertiary/aromatic N) is 2. The Bertz CT molecular complexity index is 860. The Hall–Kier alpha value is -2.61. The molecule has 2 aromatic heterocycles. The zero-order chi connectivity index (χ0) is 17.8. The second-order valence-corrected chi connectivity index (χ2v) is 6.66. The summed E-state index contributed by atoms with van der Waals surface area (Å²) in [6.45, 7) is 3.88. The minimum Gasteiger partial charge on any atom is -0.469 e. The third-order valence-electron chi connectivity index (χ3n) is 3.52. The molecule has 0 saturated carbocycles. The normalized spacial score (nSPS) is 12.1. The Morgan fingerprint density at radius 2 is 2.04 bits per heavy atom. The molecule has 0 unspecified atom stereocenters. The van der Waals surface area contributed by atoms with Crippen molar-refractivity contribution in [1.29, 1.82) is 0 Å². The molecular weight excluding hydrogens is 345 g/mol. The molecule has 0 spiro atoms. The Balaban J connectivity index is 1.55. The number of furan rings is 1. The van der Waals surface area contributed by atoms with Gasteiger partial charge in [-0.25, -0.2) is 4.39 Å². The SMILES string of the molecule is Cc1occc1-c1nnc(S[C@@H](C)C(=O)NCc2ccc(F)cc2)o1. The first-order valence-corrected chi connectivity index (χ1v) is 8.47. The molecule has 0 fully saturated rings. The molecule has 2 heterocycles. The van der Waals surface area contributed by atoms with Gasteiger partial charge in [0.2, 0.25) is 5.91 Å². The molecule has 6 nitrogen and oxygen atoms in total. The summed E-state index contributed by atoms with van der Waals surface area (Å²) in [4.78, 5) is 12.2. The van der Waals surface area contributed by atoms with Crippen molar-refractivity contribution in [3.05, 3.63) is 53.7 Å².